The van der Waals surface area contributed by atoms with Crippen molar-refractivity contribution in [3.63, 3.8) is 0 Å². The molecular formula is C18H26N6O2. The Hall–Kier alpha value is -2.19. The second-order valence-electron chi connectivity index (χ2n) is 7.04. The van der Waals surface area contributed by atoms with E-state index < -0.39 is 0 Å². The summed E-state index contributed by atoms with van der Waals surface area (Å²) in [6.45, 7) is 5.49. The molecule has 2 aromatic rings. The summed E-state index contributed by atoms with van der Waals surface area (Å²) >= 11 is 0. The SMILES string of the molecule is O=C(Nc1ccc2n[nH]nc2c1)N1CCCCC1CCN1CCOCC1. The van der Waals surface area contributed by atoms with Gasteiger partial charge in [0.05, 0.1) is 13.2 Å². The molecule has 8 nitrogen and oxygen atoms in total. The molecule has 140 valence electrons. The van der Waals surface area contributed by atoms with Crippen LogP contribution in [0.25, 0.3) is 11.0 Å². The molecule has 1 unspecified atom stereocenters. The number of carbonyl (C=O) groups is 1. The zero-order valence-corrected chi connectivity index (χ0v) is 15.0. The lowest BCUT2D eigenvalue weighted by atomic mass is 9.99. The summed E-state index contributed by atoms with van der Waals surface area (Å²) in [5.74, 6) is 0. The standard InChI is InChI=1S/C18H26N6O2/c25-18(19-14-4-5-16-17(13-14)21-22-20-16)24-7-2-1-3-15(24)6-8-23-9-11-26-12-10-23/h4-5,13,15H,1-3,6-12H2,(H,19,25)(H,20,21,22). The lowest BCUT2D eigenvalue weighted by Crippen LogP contribution is -2.48. The zero-order valence-electron chi connectivity index (χ0n) is 15.0. The minimum absolute atomic E-state index is 0.0143. The average molecular weight is 358 g/mol. The number of benzene rings is 1. The van der Waals surface area contributed by atoms with Gasteiger partial charge in [0.1, 0.15) is 11.0 Å². The minimum atomic E-state index is -0.0143. The first-order chi connectivity index (χ1) is 12.8. The van der Waals surface area contributed by atoms with E-state index in [0.29, 0.717) is 6.04 Å². The molecule has 1 atom stereocenters. The van der Waals surface area contributed by atoms with Gasteiger partial charge in [-0.15, -0.1) is 0 Å². The van der Waals surface area contributed by atoms with Gasteiger partial charge in [-0.25, -0.2) is 4.79 Å². The van der Waals surface area contributed by atoms with Crippen molar-refractivity contribution in [1.82, 2.24) is 25.2 Å². The van der Waals surface area contributed by atoms with Crippen molar-refractivity contribution in [2.75, 3.05) is 44.7 Å². The molecule has 1 aromatic heterocycles. The maximum atomic E-state index is 12.8. The van der Waals surface area contributed by atoms with E-state index in [-0.39, 0.29) is 6.03 Å². The van der Waals surface area contributed by atoms with E-state index in [1.807, 2.05) is 23.1 Å². The van der Waals surface area contributed by atoms with Crippen molar-refractivity contribution in [2.24, 2.45) is 0 Å². The quantitative estimate of drug-likeness (QED) is 0.874. The summed E-state index contributed by atoms with van der Waals surface area (Å²) in [7, 11) is 0. The van der Waals surface area contributed by atoms with Crippen molar-refractivity contribution in [1.29, 1.82) is 0 Å². The number of nitrogens with one attached hydrogen (secondary N) is 2. The van der Waals surface area contributed by atoms with Crippen LogP contribution >= 0.6 is 0 Å². The van der Waals surface area contributed by atoms with E-state index in [1.165, 1.54) is 6.42 Å². The van der Waals surface area contributed by atoms with Gasteiger partial charge in [-0.1, -0.05) is 0 Å². The predicted octanol–water partition coefficient (Wildman–Crippen LogP) is 2.07. The molecule has 2 amide bonds. The first-order valence-electron chi connectivity index (χ1n) is 9.48. The molecule has 2 saturated heterocycles. The number of piperidine rings is 1. The molecule has 2 fully saturated rings. The number of amides is 2. The summed E-state index contributed by atoms with van der Waals surface area (Å²) in [6, 6.07) is 5.88. The van der Waals surface area contributed by atoms with Crippen molar-refractivity contribution in [2.45, 2.75) is 31.7 Å². The van der Waals surface area contributed by atoms with E-state index in [4.69, 9.17) is 4.74 Å². The highest BCUT2D eigenvalue weighted by Crippen LogP contribution is 2.22. The number of urea groups is 1. The molecule has 1 aromatic carbocycles. The van der Waals surface area contributed by atoms with Gasteiger partial charge < -0.3 is 15.0 Å². The van der Waals surface area contributed by atoms with E-state index in [2.05, 4.69) is 25.6 Å². The number of ether oxygens (including phenoxy) is 1. The molecule has 0 radical (unpaired) electrons. The number of likely N-dealkylation sites (tertiary alicyclic amines) is 1. The first-order valence-corrected chi connectivity index (χ1v) is 9.48. The van der Waals surface area contributed by atoms with Crippen molar-refractivity contribution in [3.05, 3.63) is 18.2 Å². The fourth-order valence-corrected chi connectivity index (χ4v) is 3.84. The van der Waals surface area contributed by atoms with Crippen LogP contribution in [0.2, 0.25) is 0 Å². The van der Waals surface area contributed by atoms with E-state index >= 15 is 0 Å². The van der Waals surface area contributed by atoms with Gasteiger partial charge in [-0.3, -0.25) is 4.90 Å². The number of aromatic amines is 1. The lowest BCUT2D eigenvalue weighted by molar-refractivity contribution is 0.0329. The topological polar surface area (TPSA) is 86.4 Å². The van der Waals surface area contributed by atoms with Crippen LogP contribution in [0.15, 0.2) is 18.2 Å². The van der Waals surface area contributed by atoms with Gasteiger partial charge >= 0.3 is 6.03 Å². The third-order valence-corrected chi connectivity index (χ3v) is 5.34. The highest BCUT2D eigenvalue weighted by atomic mass is 16.5. The third-order valence-electron chi connectivity index (χ3n) is 5.34. The number of aromatic nitrogens is 3. The molecule has 4 rings (SSSR count). The smallest absolute Gasteiger partial charge is 0.322 e. The average Bonchev–Trinajstić information content (AvgIpc) is 3.15. The second kappa shape index (κ2) is 8.01. The van der Waals surface area contributed by atoms with Crippen LogP contribution in [-0.4, -0.2) is 76.7 Å². The Morgan fingerprint density at radius 3 is 2.92 bits per heavy atom. The fourth-order valence-electron chi connectivity index (χ4n) is 3.84. The summed E-state index contributed by atoms with van der Waals surface area (Å²) in [5, 5.41) is 13.7. The number of fused-ring (bicyclic) bond motifs is 1. The molecule has 0 aliphatic carbocycles. The summed E-state index contributed by atoms with van der Waals surface area (Å²) in [4.78, 5) is 17.3. The Kier molecular flexibility index (Phi) is 5.31. The monoisotopic (exact) mass is 358 g/mol. The van der Waals surface area contributed by atoms with Crippen molar-refractivity contribution >= 4 is 22.8 Å². The third kappa shape index (κ3) is 3.96. The molecule has 2 N–H and O–H groups in total. The molecule has 2 aliphatic heterocycles. The first kappa shape index (κ1) is 17.2. The number of carbonyl (C=O) groups excluding carboxylic acids is 1. The Morgan fingerprint density at radius 2 is 2.04 bits per heavy atom. The van der Waals surface area contributed by atoms with Crippen molar-refractivity contribution < 1.29 is 9.53 Å². The van der Waals surface area contributed by atoms with Gasteiger partial charge in [0.15, 0.2) is 0 Å². The molecule has 8 heteroatoms. The van der Waals surface area contributed by atoms with Crippen LogP contribution in [0, 0.1) is 0 Å². The number of rotatable bonds is 4. The molecular weight excluding hydrogens is 332 g/mol. The van der Waals surface area contributed by atoms with Gasteiger partial charge in [0.2, 0.25) is 0 Å². The number of hydrogen-bond donors (Lipinski definition) is 2. The van der Waals surface area contributed by atoms with Gasteiger partial charge in [-0.05, 0) is 43.9 Å². The van der Waals surface area contributed by atoms with Crippen LogP contribution in [0.3, 0.4) is 0 Å². The van der Waals surface area contributed by atoms with E-state index in [1.54, 1.807) is 0 Å². The van der Waals surface area contributed by atoms with Gasteiger partial charge in [0, 0.05) is 37.9 Å². The maximum Gasteiger partial charge on any atom is 0.322 e. The molecule has 0 bridgehead atoms. The maximum absolute atomic E-state index is 12.8. The normalized spacial score (nSPS) is 21.8. The summed E-state index contributed by atoms with van der Waals surface area (Å²) in [5.41, 5.74) is 2.31. The number of anilines is 1. The van der Waals surface area contributed by atoms with Crippen LogP contribution in [0.4, 0.5) is 10.5 Å². The van der Waals surface area contributed by atoms with E-state index in [0.717, 1.165) is 75.4 Å². The Labute approximate surface area is 152 Å². The highest BCUT2D eigenvalue weighted by molar-refractivity contribution is 5.92. The number of H-pyrrole nitrogens is 1. The van der Waals surface area contributed by atoms with Crippen LogP contribution < -0.4 is 5.32 Å². The second-order valence-corrected chi connectivity index (χ2v) is 7.04. The molecule has 2 aliphatic rings. The number of hydrogen-bond acceptors (Lipinski definition) is 5. The van der Waals surface area contributed by atoms with E-state index in [9.17, 15) is 4.79 Å². The minimum Gasteiger partial charge on any atom is -0.379 e. The largest absolute Gasteiger partial charge is 0.379 e. The van der Waals surface area contributed by atoms with Crippen LogP contribution in [0.5, 0.6) is 0 Å². The van der Waals surface area contributed by atoms with Gasteiger partial charge in [-0.2, -0.15) is 15.4 Å². The van der Waals surface area contributed by atoms with Gasteiger partial charge in [0.25, 0.3) is 0 Å². The van der Waals surface area contributed by atoms with Crippen LogP contribution in [0.1, 0.15) is 25.7 Å². The molecule has 0 spiro atoms. The predicted molar refractivity (Wildman–Crippen MR) is 99.1 cm³/mol. The zero-order chi connectivity index (χ0) is 17.8. The molecule has 26 heavy (non-hydrogen) atoms. The summed E-state index contributed by atoms with van der Waals surface area (Å²) in [6.07, 6.45) is 4.38. The molecule has 3 heterocycles. The number of morpholine rings is 1. The van der Waals surface area contributed by atoms with Crippen molar-refractivity contribution in [3.8, 4) is 0 Å². The Bertz CT molecular complexity index is 742. The summed E-state index contributed by atoms with van der Waals surface area (Å²) < 4.78 is 5.41. The Balaban J connectivity index is 1.37. The fraction of sp³-hybridized carbons (Fsp3) is 0.611. The lowest BCUT2D eigenvalue weighted by Gasteiger charge is -2.37. The Morgan fingerprint density at radius 1 is 1.19 bits per heavy atom. The number of nitrogens with zero attached hydrogens (tertiary/aromatic N) is 4. The van der Waals surface area contributed by atoms with Crippen LogP contribution in [-0.2, 0) is 4.74 Å². The highest BCUT2D eigenvalue weighted by Gasteiger charge is 2.27. The molecule has 0 saturated carbocycles.